The molecule has 0 aliphatic carbocycles. The van der Waals surface area contributed by atoms with E-state index in [1.165, 1.54) is 14.2 Å². The monoisotopic (exact) mass is 362 g/mol. The largest absolute Gasteiger partial charge is 0.469 e. The molecule has 1 aliphatic rings. The molecule has 1 unspecified atom stereocenters. The van der Waals surface area contributed by atoms with E-state index in [-0.39, 0.29) is 25.3 Å². The lowest BCUT2D eigenvalue weighted by Gasteiger charge is -2.36. The van der Waals surface area contributed by atoms with Crippen LogP contribution in [0.5, 0.6) is 0 Å². The molecule has 1 heterocycles. The first-order chi connectivity index (χ1) is 11.7. The van der Waals surface area contributed by atoms with Gasteiger partial charge in [-0.05, 0) is 34.2 Å². The number of ether oxygens (including phenoxy) is 2. The lowest BCUT2D eigenvalue weighted by atomic mass is 9.77. The van der Waals surface area contributed by atoms with E-state index in [2.05, 4.69) is 15.8 Å². The summed E-state index contributed by atoms with van der Waals surface area (Å²) in [6, 6.07) is 0. The number of nitrogens with two attached hydrogens (primary N) is 1. The second kappa shape index (κ2) is 14.7. The minimum Gasteiger partial charge on any atom is -0.469 e. The molecule has 1 rings (SSSR count). The van der Waals surface area contributed by atoms with Crippen molar-refractivity contribution in [2.45, 2.75) is 73.3 Å². The third-order valence-electron chi connectivity index (χ3n) is 3.00. The van der Waals surface area contributed by atoms with Crippen LogP contribution in [0, 0.1) is 5.41 Å². The molecule has 1 saturated heterocycles. The highest BCUT2D eigenvalue weighted by molar-refractivity contribution is 5.87. The van der Waals surface area contributed by atoms with Crippen LogP contribution >= 0.6 is 0 Å². The zero-order valence-corrected chi connectivity index (χ0v) is 17.4. The first kappa shape index (κ1) is 28.2. The van der Waals surface area contributed by atoms with Gasteiger partial charge in [0.25, 0.3) is 0 Å². The van der Waals surface area contributed by atoms with Crippen molar-refractivity contribution >= 4 is 17.8 Å². The quantitative estimate of drug-likeness (QED) is 0.747. The average Bonchev–Trinajstić information content (AvgIpc) is 2.61. The van der Waals surface area contributed by atoms with E-state index in [4.69, 9.17) is 4.74 Å². The van der Waals surface area contributed by atoms with Crippen molar-refractivity contribution < 1.29 is 23.9 Å². The van der Waals surface area contributed by atoms with Crippen molar-refractivity contribution in [2.75, 3.05) is 20.7 Å². The molecule has 1 amide bonds. The number of rotatable bonds is 3. The molecule has 0 saturated carbocycles. The average molecular weight is 363 g/mol. The van der Waals surface area contributed by atoms with Gasteiger partial charge >= 0.3 is 11.9 Å². The summed E-state index contributed by atoms with van der Waals surface area (Å²) in [4.78, 5) is 35.0. The molecule has 7 heteroatoms. The van der Waals surface area contributed by atoms with Crippen LogP contribution in [0.1, 0.15) is 67.7 Å². The Morgan fingerprint density at radius 1 is 1.16 bits per heavy atom. The van der Waals surface area contributed by atoms with Crippen LogP contribution in [0.2, 0.25) is 0 Å². The van der Waals surface area contributed by atoms with E-state index in [1.807, 2.05) is 27.7 Å². The maximum absolute atomic E-state index is 12.3. The zero-order valence-electron chi connectivity index (χ0n) is 17.4. The summed E-state index contributed by atoms with van der Waals surface area (Å²) in [5, 5.41) is 2.62. The highest BCUT2D eigenvalue weighted by Gasteiger charge is 2.46. The number of carbonyl (C=O) groups is 3. The normalized spacial score (nSPS) is 18.6. The molecule has 1 aliphatic heterocycles. The number of piperidine rings is 1. The molecule has 150 valence electrons. The highest BCUT2D eigenvalue weighted by atomic mass is 16.6. The molecular formula is C18H38N2O5. The van der Waals surface area contributed by atoms with Gasteiger partial charge in [-0.1, -0.05) is 27.7 Å². The summed E-state index contributed by atoms with van der Waals surface area (Å²) in [7, 11) is 2.77. The molecule has 0 spiro atoms. The molecule has 1 atom stereocenters. The molecule has 0 aromatic carbocycles. The van der Waals surface area contributed by atoms with Gasteiger partial charge in [0.2, 0.25) is 5.91 Å². The number of methoxy groups -OCH3 is 1. The minimum absolute atomic E-state index is 0.0846. The SMILES string of the molecule is CC.CC.CN.COC(=O)CC1(C(=O)OC(C)(C)C)CCC(=O)NC1. The summed E-state index contributed by atoms with van der Waals surface area (Å²) in [6.45, 7) is 13.4. The number of nitrogens with one attached hydrogen (secondary N) is 1. The van der Waals surface area contributed by atoms with Crippen LogP contribution in [-0.4, -0.2) is 44.1 Å². The lowest BCUT2D eigenvalue weighted by Crippen LogP contribution is -2.51. The van der Waals surface area contributed by atoms with Gasteiger partial charge in [0.1, 0.15) is 5.60 Å². The molecule has 0 radical (unpaired) electrons. The predicted molar refractivity (Wildman–Crippen MR) is 100.0 cm³/mol. The number of hydrogen-bond acceptors (Lipinski definition) is 6. The van der Waals surface area contributed by atoms with Gasteiger partial charge in [0.15, 0.2) is 0 Å². The number of amides is 1. The number of carbonyl (C=O) groups excluding carboxylic acids is 3. The standard InChI is InChI=1S/C13H21NO5.2C2H6.CH5N/c1-12(2,3)19-11(17)13(7-10(16)18-4)6-5-9(15)14-8-13;3*1-2/h5-8H2,1-4H3,(H,14,15);2*1-2H3;2H2,1H3. The predicted octanol–water partition coefficient (Wildman–Crippen LogP) is 2.41. The molecule has 3 N–H and O–H groups in total. The molecular weight excluding hydrogens is 324 g/mol. The van der Waals surface area contributed by atoms with Crippen molar-refractivity contribution in [3.8, 4) is 0 Å². The summed E-state index contributed by atoms with van der Waals surface area (Å²) >= 11 is 0. The van der Waals surface area contributed by atoms with Gasteiger partial charge in [-0.25, -0.2) is 0 Å². The smallest absolute Gasteiger partial charge is 0.315 e. The van der Waals surface area contributed by atoms with Crippen LogP contribution < -0.4 is 11.1 Å². The van der Waals surface area contributed by atoms with Crippen molar-refractivity contribution in [3.63, 3.8) is 0 Å². The van der Waals surface area contributed by atoms with E-state index in [9.17, 15) is 14.4 Å². The van der Waals surface area contributed by atoms with Crippen LogP contribution in [0.15, 0.2) is 0 Å². The van der Waals surface area contributed by atoms with Crippen molar-refractivity contribution in [2.24, 2.45) is 11.1 Å². The Kier molecular flexibility index (Phi) is 16.6. The van der Waals surface area contributed by atoms with E-state index in [1.54, 1.807) is 20.8 Å². The molecule has 0 aromatic heterocycles. The Balaban J connectivity index is -0.000000725. The maximum Gasteiger partial charge on any atom is 0.315 e. The summed E-state index contributed by atoms with van der Waals surface area (Å²) in [6.07, 6.45) is 0.414. The van der Waals surface area contributed by atoms with Crippen molar-refractivity contribution in [3.05, 3.63) is 0 Å². The first-order valence-electron chi connectivity index (χ1n) is 8.83. The first-order valence-corrected chi connectivity index (χ1v) is 8.83. The third-order valence-corrected chi connectivity index (χ3v) is 3.00. The van der Waals surface area contributed by atoms with Gasteiger partial charge < -0.3 is 20.5 Å². The Morgan fingerprint density at radius 2 is 1.64 bits per heavy atom. The molecule has 0 bridgehead atoms. The van der Waals surface area contributed by atoms with Gasteiger partial charge in [-0.15, -0.1) is 0 Å². The van der Waals surface area contributed by atoms with Crippen LogP contribution in [0.4, 0.5) is 0 Å². The zero-order chi connectivity index (χ0) is 20.7. The third kappa shape index (κ3) is 11.5. The van der Waals surface area contributed by atoms with Gasteiger partial charge in [0, 0.05) is 13.0 Å². The molecule has 0 aromatic rings. The molecule has 1 fully saturated rings. The maximum atomic E-state index is 12.3. The van der Waals surface area contributed by atoms with Crippen LogP contribution in [0.25, 0.3) is 0 Å². The van der Waals surface area contributed by atoms with Crippen LogP contribution in [-0.2, 0) is 23.9 Å². The summed E-state index contributed by atoms with van der Waals surface area (Å²) in [5.74, 6) is -1.07. The van der Waals surface area contributed by atoms with Crippen LogP contribution in [0.3, 0.4) is 0 Å². The fraction of sp³-hybridized carbons (Fsp3) is 0.833. The molecule has 7 nitrogen and oxygen atoms in total. The fourth-order valence-electron chi connectivity index (χ4n) is 1.93. The van der Waals surface area contributed by atoms with E-state index < -0.39 is 23.0 Å². The van der Waals surface area contributed by atoms with E-state index in [0.29, 0.717) is 6.42 Å². The Hall–Kier alpha value is -1.63. The Morgan fingerprint density at radius 3 is 1.96 bits per heavy atom. The Bertz CT molecular complexity index is 379. The van der Waals surface area contributed by atoms with Gasteiger partial charge in [-0.3, -0.25) is 14.4 Å². The Labute approximate surface area is 153 Å². The topological polar surface area (TPSA) is 108 Å². The lowest BCUT2D eigenvalue weighted by molar-refractivity contribution is -0.173. The fourth-order valence-corrected chi connectivity index (χ4v) is 1.93. The highest BCUT2D eigenvalue weighted by Crippen LogP contribution is 2.34. The van der Waals surface area contributed by atoms with Crippen molar-refractivity contribution in [1.82, 2.24) is 5.32 Å². The summed E-state index contributed by atoms with van der Waals surface area (Å²) < 4.78 is 9.99. The second-order valence-electron chi connectivity index (χ2n) is 5.81. The summed E-state index contributed by atoms with van der Waals surface area (Å²) in [5.41, 5.74) is 2.84. The second-order valence-corrected chi connectivity index (χ2v) is 5.81. The number of hydrogen-bond donors (Lipinski definition) is 2. The van der Waals surface area contributed by atoms with E-state index >= 15 is 0 Å². The van der Waals surface area contributed by atoms with Gasteiger partial charge in [0.05, 0.1) is 18.9 Å². The van der Waals surface area contributed by atoms with E-state index in [0.717, 1.165) is 0 Å². The minimum atomic E-state index is -1.02. The van der Waals surface area contributed by atoms with Crippen molar-refractivity contribution in [1.29, 1.82) is 0 Å². The van der Waals surface area contributed by atoms with Gasteiger partial charge in [-0.2, -0.15) is 0 Å². The number of esters is 2. The molecule has 25 heavy (non-hydrogen) atoms.